The second-order valence-electron chi connectivity index (χ2n) is 9.66. The number of cyclic esters (lactones) is 1. The van der Waals surface area contributed by atoms with Crippen molar-refractivity contribution in [3.8, 4) is 0 Å². The third kappa shape index (κ3) is 2.38. The topological polar surface area (TPSA) is 71.1 Å². The number of carbonyl (C=O) groups excluding carboxylic acids is 2. The number of hydrogen-bond acceptors (Lipinski definition) is 6. The summed E-state index contributed by atoms with van der Waals surface area (Å²) in [5.74, 6) is -1.80. The minimum atomic E-state index is -1.56. The minimum absolute atomic E-state index is 0.207. The van der Waals surface area contributed by atoms with Crippen LogP contribution in [0.5, 0.6) is 0 Å². The van der Waals surface area contributed by atoms with Gasteiger partial charge in [0.1, 0.15) is 12.0 Å². The first kappa shape index (κ1) is 20.5. The van der Waals surface area contributed by atoms with E-state index in [2.05, 4.69) is 27.4 Å². The molecular formula is C23H32O6. The third-order valence-electron chi connectivity index (χ3n) is 8.65. The summed E-state index contributed by atoms with van der Waals surface area (Å²) < 4.78 is 23.0. The Balaban J connectivity index is 1.89. The zero-order valence-electron chi connectivity index (χ0n) is 18.2. The predicted molar refractivity (Wildman–Crippen MR) is 106 cm³/mol. The van der Waals surface area contributed by atoms with E-state index < -0.39 is 23.3 Å². The first-order valence-electron chi connectivity index (χ1n) is 10.6. The van der Waals surface area contributed by atoms with Crippen LogP contribution >= 0.6 is 0 Å². The van der Waals surface area contributed by atoms with Crippen molar-refractivity contribution >= 4 is 11.9 Å². The van der Waals surface area contributed by atoms with Crippen LogP contribution in [0.2, 0.25) is 0 Å². The number of ether oxygens (including phenoxy) is 4. The molecule has 0 bridgehead atoms. The van der Waals surface area contributed by atoms with Gasteiger partial charge in [-0.05, 0) is 44.4 Å². The van der Waals surface area contributed by atoms with Crippen LogP contribution in [0.15, 0.2) is 23.5 Å². The SMILES string of the molecule is C=C1CCCC23OC4=C(C[C@]2(C)[C@@H](C)CC[C@]13C)C(=O)OC4(CC(=O)OC)OC. The molecule has 0 N–H and O–H groups in total. The summed E-state index contributed by atoms with van der Waals surface area (Å²) in [6.45, 7) is 11.2. The molecule has 2 aliphatic carbocycles. The van der Waals surface area contributed by atoms with E-state index in [0.29, 0.717) is 23.7 Å². The van der Waals surface area contributed by atoms with Crippen LogP contribution < -0.4 is 0 Å². The average Bonchev–Trinajstić information content (AvgIpc) is 2.94. The lowest BCUT2D eigenvalue weighted by Crippen LogP contribution is -2.68. The predicted octanol–water partition coefficient (Wildman–Crippen LogP) is 4.04. The summed E-state index contributed by atoms with van der Waals surface area (Å²) in [7, 11) is 2.74. The summed E-state index contributed by atoms with van der Waals surface area (Å²) >= 11 is 0. The third-order valence-corrected chi connectivity index (χ3v) is 8.65. The van der Waals surface area contributed by atoms with Gasteiger partial charge in [-0.15, -0.1) is 0 Å². The van der Waals surface area contributed by atoms with Gasteiger partial charge in [0.25, 0.3) is 5.79 Å². The van der Waals surface area contributed by atoms with Crippen LogP contribution in [-0.4, -0.2) is 37.5 Å². The molecule has 0 aromatic carbocycles. The Morgan fingerprint density at radius 3 is 2.62 bits per heavy atom. The smallest absolute Gasteiger partial charge is 0.340 e. The standard InChI is InChI=1S/C23H32O6/c1-14-8-7-10-23-20(14,3)11-9-15(2)21(23,4)12-16-18(28-23)22(27-6,29-19(16)25)13-17(24)26-5/h15H,1,7-13H2,2-6H3/t15-,20+,21+,22?,23?/m0/s1. The lowest BCUT2D eigenvalue weighted by molar-refractivity contribution is -0.265. The maximum atomic E-state index is 12.9. The Labute approximate surface area is 172 Å². The van der Waals surface area contributed by atoms with E-state index in [9.17, 15) is 9.59 Å². The highest BCUT2D eigenvalue weighted by Gasteiger charge is 2.71. The fourth-order valence-electron chi connectivity index (χ4n) is 6.50. The molecule has 1 spiro atoms. The van der Waals surface area contributed by atoms with Crippen LogP contribution in [0.25, 0.3) is 0 Å². The van der Waals surface area contributed by atoms with E-state index >= 15 is 0 Å². The van der Waals surface area contributed by atoms with Crippen molar-refractivity contribution in [3.05, 3.63) is 23.5 Å². The molecule has 4 rings (SSSR count). The second-order valence-corrected chi connectivity index (χ2v) is 9.66. The monoisotopic (exact) mass is 404 g/mol. The zero-order valence-corrected chi connectivity index (χ0v) is 18.2. The molecule has 29 heavy (non-hydrogen) atoms. The molecule has 2 heterocycles. The Morgan fingerprint density at radius 2 is 1.97 bits per heavy atom. The quantitative estimate of drug-likeness (QED) is 0.522. The molecule has 6 nitrogen and oxygen atoms in total. The molecule has 2 saturated carbocycles. The Kier molecular flexibility index (Phi) is 4.47. The van der Waals surface area contributed by atoms with Crippen LogP contribution in [0.3, 0.4) is 0 Å². The van der Waals surface area contributed by atoms with Crippen molar-refractivity contribution in [2.45, 2.75) is 77.1 Å². The molecule has 2 aliphatic heterocycles. The van der Waals surface area contributed by atoms with Crippen molar-refractivity contribution in [2.75, 3.05) is 14.2 Å². The van der Waals surface area contributed by atoms with Gasteiger partial charge in [0.15, 0.2) is 5.76 Å². The van der Waals surface area contributed by atoms with Gasteiger partial charge in [-0.3, -0.25) is 4.79 Å². The number of rotatable bonds is 3. The molecule has 4 aliphatic rings. The molecule has 0 radical (unpaired) electrons. The molecule has 0 aromatic rings. The summed E-state index contributed by atoms with van der Waals surface area (Å²) in [6.07, 6.45) is 5.24. The molecule has 5 atom stereocenters. The van der Waals surface area contributed by atoms with Crippen molar-refractivity contribution < 1.29 is 28.5 Å². The van der Waals surface area contributed by atoms with Crippen molar-refractivity contribution in [2.24, 2.45) is 16.7 Å². The van der Waals surface area contributed by atoms with E-state index in [-0.39, 0.29) is 17.3 Å². The summed E-state index contributed by atoms with van der Waals surface area (Å²) in [6, 6.07) is 0. The molecule has 0 amide bonds. The van der Waals surface area contributed by atoms with Gasteiger partial charge in [0.05, 0.1) is 12.7 Å². The number of carbonyl (C=O) groups is 2. The second kappa shape index (κ2) is 6.34. The number of esters is 2. The average molecular weight is 405 g/mol. The first-order chi connectivity index (χ1) is 13.6. The van der Waals surface area contributed by atoms with Gasteiger partial charge >= 0.3 is 11.9 Å². The maximum Gasteiger partial charge on any atom is 0.340 e. The fraction of sp³-hybridized carbons (Fsp3) is 0.739. The normalized spacial score (nSPS) is 43.7. The number of hydrogen-bond donors (Lipinski definition) is 0. The van der Waals surface area contributed by atoms with Gasteiger partial charge in [-0.2, -0.15) is 0 Å². The molecule has 2 unspecified atom stereocenters. The van der Waals surface area contributed by atoms with Crippen molar-refractivity contribution in [1.82, 2.24) is 0 Å². The summed E-state index contributed by atoms with van der Waals surface area (Å²) in [5, 5.41) is 0. The highest BCUT2D eigenvalue weighted by atomic mass is 16.7. The van der Waals surface area contributed by atoms with Crippen LogP contribution in [0.4, 0.5) is 0 Å². The van der Waals surface area contributed by atoms with E-state index in [1.165, 1.54) is 19.8 Å². The maximum absolute atomic E-state index is 12.9. The molecule has 0 saturated heterocycles. The molecule has 6 heteroatoms. The highest BCUT2D eigenvalue weighted by Crippen LogP contribution is 2.70. The van der Waals surface area contributed by atoms with Gasteiger partial charge in [-0.1, -0.05) is 32.9 Å². The van der Waals surface area contributed by atoms with E-state index in [0.717, 1.165) is 32.1 Å². The van der Waals surface area contributed by atoms with Gasteiger partial charge in [0, 0.05) is 17.9 Å². The Bertz CT molecular complexity index is 814. The van der Waals surface area contributed by atoms with Gasteiger partial charge < -0.3 is 18.9 Å². The lowest BCUT2D eigenvalue weighted by Gasteiger charge is -2.67. The highest BCUT2D eigenvalue weighted by molar-refractivity contribution is 5.93. The fourth-order valence-corrected chi connectivity index (χ4v) is 6.50. The van der Waals surface area contributed by atoms with Gasteiger partial charge in [0.2, 0.25) is 0 Å². The largest absolute Gasteiger partial charge is 0.483 e. The summed E-state index contributed by atoms with van der Waals surface area (Å²) in [4.78, 5) is 25.0. The molecule has 2 fully saturated rings. The van der Waals surface area contributed by atoms with Crippen molar-refractivity contribution in [3.63, 3.8) is 0 Å². The molecule has 160 valence electrons. The van der Waals surface area contributed by atoms with Crippen molar-refractivity contribution in [1.29, 1.82) is 0 Å². The van der Waals surface area contributed by atoms with Crippen LogP contribution in [0.1, 0.15) is 65.7 Å². The lowest BCUT2D eigenvalue weighted by atomic mass is 9.42. The van der Waals surface area contributed by atoms with Crippen LogP contribution in [0, 0.1) is 16.7 Å². The van der Waals surface area contributed by atoms with Gasteiger partial charge in [-0.25, -0.2) is 4.79 Å². The van der Waals surface area contributed by atoms with E-state index in [1.54, 1.807) is 0 Å². The Morgan fingerprint density at radius 1 is 1.24 bits per heavy atom. The van der Waals surface area contributed by atoms with E-state index in [1.807, 2.05) is 0 Å². The molecular weight excluding hydrogens is 372 g/mol. The first-order valence-corrected chi connectivity index (χ1v) is 10.6. The Hall–Kier alpha value is -1.82. The molecule has 0 aromatic heterocycles. The summed E-state index contributed by atoms with van der Waals surface area (Å²) in [5.41, 5.74) is 0.751. The zero-order chi connectivity index (χ0) is 21.2. The number of methoxy groups -OCH3 is 2. The van der Waals surface area contributed by atoms with Crippen LogP contribution in [-0.2, 0) is 28.5 Å². The minimum Gasteiger partial charge on any atom is -0.483 e. The van der Waals surface area contributed by atoms with E-state index in [4.69, 9.17) is 18.9 Å².